The van der Waals surface area contributed by atoms with E-state index in [1.807, 2.05) is 43.3 Å². The number of ether oxygens (including phenoxy) is 2. The van der Waals surface area contributed by atoms with Gasteiger partial charge in [0, 0.05) is 18.2 Å². The van der Waals surface area contributed by atoms with Crippen molar-refractivity contribution in [2.24, 2.45) is 0 Å². The number of unbranched alkanes of at least 4 members (excludes halogenated alkanes) is 2. The number of hydrogen-bond acceptors (Lipinski definition) is 4. The van der Waals surface area contributed by atoms with Crippen molar-refractivity contribution in [2.75, 3.05) is 0 Å². The molecule has 0 aliphatic heterocycles. The third-order valence-corrected chi connectivity index (χ3v) is 4.28. The molecule has 0 radical (unpaired) electrons. The molecule has 0 saturated heterocycles. The fraction of sp³-hybridized carbons (Fsp3) is 0.455. The zero-order valence-electron chi connectivity index (χ0n) is 15.7. The molecule has 26 heavy (non-hydrogen) atoms. The highest BCUT2D eigenvalue weighted by Crippen LogP contribution is 2.25. The van der Waals surface area contributed by atoms with E-state index in [-0.39, 0.29) is 30.9 Å². The maximum Gasteiger partial charge on any atom is 0.311 e. The predicted octanol–water partition coefficient (Wildman–Crippen LogP) is 5.43. The van der Waals surface area contributed by atoms with E-state index in [0.29, 0.717) is 12.2 Å². The Morgan fingerprint density at radius 2 is 1.65 bits per heavy atom. The summed E-state index contributed by atoms with van der Waals surface area (Å²) >= 11 is 0. The van der Waals surface area contributed by atoms with Gasteiger partial charge in [0.25, 0.3) is 0 Å². The maximum absolute atomic E-state index is 12.1. The average Bonchev–Trinajstić information content (AvgIpc) is 2.62. The van der Waals surface area contributed by atoms with Crippen LogP contribution in [0.2, 0.25) is 0 Å². The summed E-state index contributed by atoms with van der Waals surface area (Å²) in [5, 5.41) is 1.93. The van der Waals surface area contributed by atoms with Gasteiger partial charge in [-0.15, -0.1) is 0 Å². The van der Waals surface area contributed by atoms with Crippen molar-refractivity contribution in [1.82, 2.24) is 0 Å². The SMILES string of the molecule is CCCCCC(C)OC(=O)CCCC(=O)Oc1cccc2ccccc12. The van der Waals surface area contributed by atoms with Crippen LogP contribution in [0.15, 0.2) is 42.5 Å². The number of carbonyl (C=O) groups excluding carboxylic acids is 2. The van der Waals surface area contributed by atoms with Crippen molar-refractivity contribution in [1.29, 1.82) is 0 Å². The van der Waals surface area contributed by atoms with Gasteiger partial charge in [-0.3, -0.25) is 9.59 Å². The molecule has 1 unspecified atom stereocenters. The molecule has 4 heteroatoms. The monoisotopic (exact) mass is 356 g/mol. The normalized spacial score (nSPS) is 11.9. The van der Waals surface area contributed by atoms with Gasteiger partial charge in [-0.2, -0.15) is 0 Å². The van der Waals surface area contributed by atoms with Crippen molar-refractivity contribution in [2.45, 2.75) is 64.9 Å². The molecule has 0 fully saturated rings. The van der Waals surface area contributed by atoms with Crippen LogP contribution in [0.4, 0.5) is 0 Å². The molecule has 2 aromatic rings. The number of hydrogen-bond donors (Lipinski definition) is 0. The Labute approximate surface area is 155 Å². The minimum absolute atomic E-state index is 0.0586. The molecule has 1 atom stereocenters. The highest BCUT2D eigenvalue weighted by molar-refractivity contribution is 5.90. The molecular weight excluding hydrogens is 328 g/mol. The molecule has 2 aromatic carbocycles. The molecule has 0 saturated carbocycles. The first-order chi connectivity index (χ1) is 12.6. The first-order valence-corrected chi connectivity index (χ1v) is 9.48. The van der Waals surface area contributed by atoms with Crippen LogP contribution in [0.1, 0.15) is 58.8 Å². The Morgan fingerprint density at radius 3 is 2.46 bits per heavy atom. The van der Waals surface area contributed by atoms with Crippen molar-refractivity contribution in [3.05, 3.63) is 42.5 Å². The number of fused-ring (bicyclic) bond motifs is 1. The minimum Gasteiger partial charge on any atom is -0.463 e. The molecule has 0 amide bonds. The van der Waals surface area contributed by atoms with Crippen LogP contribution >= 0.6 is 0 Å². The van der Waals surface area contributed by atoms with Gasteiger partial charge < -0.3 is 9.47 Å². The molecule has 0 spiro atoms. The van der Waals surface area contributed by atoms with E-state index in [1.165, 1.54) is 0 Å². The predicted molar refractivity (Wildman–Crippen MR) is 103 cm³/mol. The third kappa shape index (κ3) is 6.51. The maximum atomic E-state index is 12.1. The van der Waals surface area contributed by atoms with Crippen LogP contribution < -0.4 is 4.74 Å². The summed E-state index contributed by atoms with van der Waals surface area (Å²) < 4.78 is 10.8. The fourth-order valence-corrected chi connectivity index (χ4v) is 2.86. The molecule has 0 aromatic heterocycles. The van der Waals surface area contributed by atoms with Crippen LogP contribution in [0.25, 0.3) is 10.8 Å². The average molecular weight is 356 g/mol. The van der Waals surface area contributed by atoms with Crippen molar-refractivity contribution in [3.8, 4) is 5.75 Å². The Morgan fingerprint density at radius 1 is 0.923 bits per heavy atom. The van der Waals surface area contributed by atoms with E-state index in [0.717, 1.165) is 36.5 Å². The zero-order chi connectivity index (χ0) is 18.8. The van der Waals surface area contributed by atoms with Crippen LogP contribution in [0, 0.1) is 0 Å². The number of benzene rings is 2. The summed E-state index contributed by atoms with van der Waals surface area (Å²) in [6, 6.07) is 13.4. The third-order valence-electron chi connectivity index (χ3n) is 4.28. The summed E-state index contributed by atoms with van der Waals surface area (Å²) in [7, 11) is 0. The molecule has 4 nitrogen and oxygen atoms in total. The van der Waals surface area contributed by atoms with E-state index < -0.39 is 0 Å². The fourth-order valence-electron chi connectivity index (χ4n) is 2.86. The van der Waals surface area contributed by atoms with Gasteiger partial charge in [-0.1, -0.05) is 56.2 Å². The second kappa shape index (κ2) is 10.6. The van der Waals surface area contributed by atoms with Crippen LogP contribution in [0.5, 0.6) is 5.75 Å². The molecule has 2 rings (SSSR count). The number of rotatable bonds is 10. The van der Waals surface area contributed by atoms with Crippen LogP contribution in [-0.4, -0.2) is 18.0 Å². The highest BCUT2D eigenvalue weighted by atomic mass is 16.5. The lowest BCUT2D eigenvalue weighted by Crippen LogP contribution is -2.15. The first kappa shape index (κ1) is 20.0. The Kier molecular flexibility index (Phi) is 8.13. The quantitative estimate of drug-likeness (QED) is 0.324. The molecular formula is C22H28O4. The standard InChI is InChI=1S/C22H28O4/c1-3-4-5-10-17(2)25-21(23)15-9-16-22(24)26-20-14-8-12-18-11-6-7-13-19(18)20/h6-8,11-14,17H,3-5,9-10,15-16H2,1-2H3. The van der Waals surface area contributed by atoms with E-state index >= 15 is 0 Å². The molecule has 0 bridgehead atoms. The molecule has 0 heterocycles. The van der Waals surface area contributed by atoms with E-state index in [9.17, 15) is 9.59 Å². The molecule has 0 aliphatic carbocycles. The Bertz CT molecular complexity index is 718. The zero-order valence-corrected chi connectivity index (χ0v) is 15.7. The summed E-state index contributed by atoms with van der Waals surface area (Å²) in [4.78, 5) is 23.9. The summed E-state index contributed by atoms with van der Waals surface area (Å²) in [5.74, 6) is -0.0164. The van der Waals surface area contributed by atoms with E-state index in [4.69, 9.17) is 9.47 Å². The summed E-state index contributed by atoms with van der Waals surface area (Å²) in [5.41, 5.74) is 0. The van der Waals surface area contributed by atoms with Crippen molar-refractivity contribution < 1.29 is 19.1 Å². The first-order valence-electron chi connectivity index (χ1n) is 9.48. The Hall–Kier alpha value is -2.36. The second-order valence-corrected chi connectivity index (χ2v) is 6.60. The Balaban J connectivity index is 1.72. The van der Waals surface area contributed by atoms with Gasteiger partial charge >= 0.3 is 11.9 Å². The molecule has 0 aliphatic rings. The highest BCUT2D eigenvalue weighted by Gasteiger charge is 2.12. The van der Waals surface area contributed by atoms with Crippen molar-refractivity contribution >= 4 is 22.7 Å². The lowest BCUT2D eigenvalue weighted by Gasteiger charge is -2.13. The molecule has 140 valence electrons. The van der Waals surface area contributed by atoms with E-state index in [2.05, 4.69) is 6.92 Å². The van der Waals surface area contributed by atoms with Gasteiger partial charge in [0.2, 0.25) is 0 Å². The van der Waals surface area contributed by atoms with Gasteiger partial charge in [-0.05, 0) is 37.6 Å². The summed E-state index contributed by atoms with van der Waals surface area (Å²) in [6.45, 7) is 4.07. The van der Waals surface area contributed by atoms with Crippen LogP contribution in [0.3, 0.4) is 0 Å². The topological polar surface area (TPSA) is 52.6 Å². The van der Waals surface area contributed by atoms with Gasteiger partial charge in [-0.25, -0.2) is 0 Å². The lowest BCUT2D eigenvalue weighted by molar-refractivity contribution is -0.148. The van der Waals surface area contributed by atoms with Crippen molar-refractivity contribution in [3.63, 3.8) is 0 Å². The van der Waals surface area contributed by atoms with Crippen LogP contribution in [-0.2, 0) is 14.3 Å². The van der Waals surface area contributed by atoms with Gasteiger partial charge in [0.15, 0.2) is 0 Å². The van der Waals surface area contributed by atoms with E-state index in [1.54, 1.807) is 6.07 Å². The second-order valence-electron chi connectivity index (χ2n) is 6.60. The molecule has 0 N–H and O–H groups in total. The smallest absolute Gasteiger partial charge is 0.311 e. The lowest BCUT2D eigenvalue weighted by atomic mass is 10.1. The summed E-state index contributed by atoms with van der Waals surface area (Å²) in [6.07, 6.45) is 5.08. The minimum atomic E-state index is -0.329. The van der Waals surface area contributed by atoms with Gasteiger partial charge in [0.1, 0.15) is 5.75 Å². The number of carbonyl (C=O) groups is 2. The van der Waals surface area contributed by atoms with Gasteiger partial charge in [0.05, 0.1) is 6.10 Å². The largest absolute Gasteiger partial charge is 0.463 e. The number of esters is 2.